The molecule has 0 unspecified atom stereocenters. The number of methoxy groups -OCH3 is 1. The highest BCUT2D eigenvalue weighted by Gasteiger charge is 2.35. The predicted molar refractivity (Wildman–Crippen MR) is 157 cm³/mol. The Morgan fingerprint density at radius 2 is 1.69 bits per heavy atom. The summed E-state index contributed by atoms with van der Waals surface area (Å²) in [5, 5.41) is 3.00. The molecule has 0 spiro atoms. The molecule has 214 valence electrons. The summed E-state index contributed by atoms with van der Waals surface area (Å²) in [4.78, 5) is 29.2. The minimum atomic E-state index is -0.205. The molecule has 1 fully saturated rings. The number of unbranched alkanes of at least 4 members (excludes halogenated alkanes) is 1. The Kier molecular flexibility index (Phi) is 11.8. The molecule has 1 aliphatic rings. The van der Waals surface area contributed by atoms with Gasteiger partial charge in [0.2, 0.25) is 5.91 Å². The Hall–Kier alpha value is -2.90. The van der Waals surface area contributed by atoms with E-state index < -0.39 is 0 Å². The van der Waals surface area contributed by atoms with Gasteiger partial charge in [0.05, 0.1) is 19.8 Å². The first-order valence-corrected chi connectivity index (χ1v) is 14.4. The lowest BCUT2D eigenvalue weighted by molar-refractivity contribution is -0.143. The average Bonchev–Trinajstić information content (AvgIpc) is 2.90. The van der Waals surface area contributed by atoms with Crippen molar-refractivity contribution in [2.45, 2.75) is 78.4 Å². The fourth-order valence-electron chi connectivity index (χ4n) is 5.46. The number of carbonyl (C=O) groups is 2. The molecule has 39 heavy (non-hydrogen) atoms. The van der Waals surface area contributed by atoms with Crippen LogP contribution in [-0.2, 0) is 14.3 Å². The fraction of sp³-hybridized carbons (Fsp3) is 0.562. The van der Waals surface area contributed by atoms with Crippen LogP contribution in [0.15, 0.2) is 48.5 Å². The number of anilines is 1. The molecule has 2 aromatic rings. The van der Waals surface area contributed by atoms with E-state index in [1.807, 2.05) is 18.2 Å². The van der Waals surface area contributed by atoms with Crippen LogP contribution < -0.4 is 10.1 Å². The van der Waals surface area contributed by atoms with E-state index in [0.717, 1.165) is 31.1 Å². The number of benzene rings is 2. The molecule has 1 aliphatic heterocycles. The van der Waals surface area contributed by atoms with E-state index in [1.54, 1.807) is 14.0 Å². The standard InChI is InChI=1S/C32H47N3O4/c1-7-39-31(37)14-9-8-13-30(36)33-28-17-15-26(16-18-28)32(27-11-10-12-29(19-27)38-6)35-22-24(4)34(20-23(2)3)21-25(35)5/h10-12,15-19,23-25,32H,7-9,13-14,20-22H2,1-6H3,(H,33,36)/t24-,25+,32-/m1/s1. The van der Waals surface area contributed by atoms with Gasteiger partial charge in [0.1, 0.15) is 5.75 Å². The Morgan fingerprint density at radius 3 is 2.36 bits per heavy atom. The summed E-state index contributed by atoms with van der Waals surface area (Å²) >= 11 is 0. The normalized spacial score (nSPS) is 19.1. The molecule has 2 aromatic carbocycles. The van der Waals surface area contributed by atoms with Gasteiger partial charge in [0, 0.05) is 50.2 Å². The van der Waals surface area contributed by atoms with Gasteiger partial charge in [0.15, 0.2) is 0 Å². The van der Waals surface area contributed by atoms with Gasteiger partial charge in [-0.05, 0) is 74.9 Å². The summed E-state index contributed by atoms with van der Waals surface area (Å²) in [6.07, 6.45) is 2.03. The molecule has 7 heteroatoms. The number of amides is 1. The zero-order valence-electron chi connectivity index (χ0n) is 24.6. The number of nitrogens with one attached hydrogen (secondary N) is 1. The number of piperazine rings is 1. The molecule has 0 aliphatic carbocycles. The fourth-order valence-corrected chi connectivity index (χ4v) is 5.46. The molecule has 1 heterocycles. The van der Waals surface area contributed by atoms with Crippen molar-refractivity contribution >= 4 is 17.6 Å². The van der Waals surface area contributed by atoms with Crippen molar-refractivity contribution in [1.82, 2.24) is 9.80 Å². The number of ether oxygens (including phenoxy) is 2. The molecule has 0 bridgehead atoms. The van der Waals surface area contributed by atoms with E-state index in [0.29, 0.717) is 50.3 Å². The SMILES string of the molecule is CCOC(=O)CCCCC(=O)Nc1ccc([C@H](c2cccc(OC)c2)N2C[C@@H](C)N(CC(C)C)C[C@@H]2C)cc1. The predicted octanol–water partition coefficient (Wildman–Crippen LogP) is 5.90. The monoisotopic (exact) mass is 537 g/mol. The average molecular weight is 538 g/mol. The maximum Gasteiger partial charge on any atom is 0.305 e. The van der Waals surface area contributed by atoms with Crippen LogP contribution in [0, 0.1) is 5.92 Å². The molecule has 3 rings (SSSR count). The van der Waals surface area contributed by atoms with Gasteiger partial charge in [-0.1, -0.05) is 38.1 Å². The van der Waals surface area contributed by atoms with Crippen molar-refractivity contribution in [2.75, 3.05) is 38.7 Å². The maximum absolute atomic E-state index is 12.5. The van der Waals surface area contributed by atoms with Crippen LogP contribution in [0.5, 0.6) is 5.75 Å². The highest BCUT2D eigenvalue weighted by molar-refractivity contribution is 5.90. The second kappa shape index (κ2) is 15.0. The van der Waals surface area contributed by atoms with Crippen molar-refractivity contribution in [3.05, 3.63) is 59.7 Å². The Labute approximate surface area is 234 Å². The molecule has 0 aromatic heterocycles. The number of esters is 1. The zero-order valence-corrected chi connectivity index (χ0v) is 24.6. The highest BCUT2D eigenvalue weighted by Crippen LogP contribution is 2.35. The summed E-state index contributed by atoms with van der Waals surface area (Å²) in [5.41, 5.74) is 3.16. The molecule has 1 N–H and O–H groups in total. The third kappa shape index (κ3) is 9.07. The topological polar surface area (TPSA) is 71.1 Å². The Balaban J connectivity index is 1.73. The quantitative estimate of drug-likeness (QED) is 0.254. The summed E-state index contributed by atoms with van der Waals surface area (Å²) in [5.74, 6) is 1.24. The molecule has 7 nitrogen and oxygen atoms in total. The van der Waals surface area contributed by atoms with Crippen LogP contribution in [0.1, 0.15) is 77.5 Å². The second-order valence-corrected chi connectivity index (χ2v) is 11.1. The van der Waals surface area contributed by atoms with E-state index in [2.05, 4.69) is 73.1 Å². The molecule has 1 amide bonds. The van der Waals surface area contributed by atoms with Gasteiger partial charge in [-0.15, -0.1) is 0 Å². The van der Waals surface area contributed by atoms with E-state index >= 15 is 0 Å². The molecule has 1 saturated heterocycles. The molecule has 0 radical (unpaired) electrons. The third-order valence-corrected chi connectivity index (χ3v) is 7.35. The maximum atomic E-state index is 12.5. The third-order valence-electron chi connectivity index (χ3n) is 7.35. The number of carbonyl (C=O) groups excluding carboxylic acids is 2. The van der Waals surface area contributed by atoms with Crippen molar-refractivity contribution in [2.24, 2.45) is 5.92 Å². The highest BCUT2D eigenvalue weighted by atomic mass is 16.5. The van der Waals surface area contributed by atoms with Gasteiger partial charge in [-0.3, -0.25) is 19.4 Å². The van der Waals surface area contributed by atoms with Crippen molar-refractivity contribution in [3.8, 4) is 5.75 Å². The summed E-state index contributed by atoms with van der Waals surface area (Å²) < 4.78 is 10.5. The van der Waals surface area contributed by atoms with Crippen LogP contribution >= 0.6 is 0 Å². The number of nitrogens with zero attached hydrogens (tertiary/aromatic N) is 2. The van der Waals surface area contributed by atoms with Crippen LogP contribution in [0.25, 0.3) is 0 Å². The Bertz CT molecular complexity index is 1060. The first-order valence-electron chi connectivity index (χ1n) is 14.4. The summed E-state index contributed by atoms with van der Waals surface area (Å²) in [7, 11) is 1.71. The second-order valence-electron chi connectivity index (χ2n) is 11.1. The lowest BCUT2D eigenvalue weighted by Gasteiger charge is -2.48. The van der Waals surface area contributed by atoms with Crippen molar-refractivity contribution in [1.29, 1.82) is 0 Å². The van der Waals surface area contributed by atoms with Gasteiger partial charge < -0.3 is 14.8 Å². The van der Waals surface area contributed by atoms with Crippen LogP contribution in [0.4, 0.5) is 5.69 Å². The van der Waals surface area contributed by atoms with Gasteiger partial charge >= 0.3 is 5.97 Å². The summed E-state index contributed by atoms with van der Waals surface area (Å²) in [6.45, 7) is 14.5. The number of rotatable bonds is 13. The summed E-state index contributed by atoms with van der Waals surface area (Å²) in [6, 6.07) is 17.5. The molecular weight excluding hydrogens is 490 g/mol. The number of hydrogen-bond acceptors (Lipinski definition) is 6. The van der Waals surface area contributed by atoms with Crippen molar-refractivity contribution in [3.63, 3.8) is 0 Å². The largest absolute Gasteiger partial charge is 0.497 e. The van der Waals surface area contributed by atoms with Crippen LogP contribution in [-0.4, -0.2) is 67.1 Å². The van der Waals surface area contributed by atoms with E-state index in [1.165, 1.54) is 11.1 Å². The van der Waals surface area contributed by atoms with Crippen molar-refractivity contribution < 1.29 is 19.1 Å². The minimum Gasteiger partial charge on any atom is -0.497 e. The van der Waals surface area contributed by atoms with Crippen LogP contribution in [0.3, 0.4) is 0 Å². The molecule has 0 saturated carbocycles. The zero-order chi connectivity index (χ0) is 28.4. The van der Waals surface area contributed by atoms with Gasteiger partial charge in [0.25, 0.3) is 0 Å². The minimum absolute atomic E-state index is 0.0420. The smallest absolute Gasteiger partial charge is 0.305 e. The lowest BCUT2D eigenvalue weighted by atomic mass is 9.93. The lowest BCUT2D eigenvalue weighted by Crippen LogP contribution is -2.57. The van der Waals surface area contributed by atoms with E-state index in [-0.39, 0.29) is 17.9 Å². The first kappa shape index (κ1) is 30.6. The first-order chi connectivity index (χ1) is 18.7. The number of hydrogen-bond donors (Lipinski definition) is 1. The van der Waals surface area contributed by atoms with Gasteiger partial charge in [-0.2, -0.15) is 0 Å². The van der Waals surface area contributed by atoms with E-state index in [4.69, 9.17) is 9.47 Å². The van der Waals surface area contributed by atoms with Crippen LogP contribution in [0.2, 0.25) is 0 Å². The molecule has 3 atom stereocenters. The Morgan fingerprint density at radius 1 is 0.974 bits per heavy atom. The van der Waals surface area contributed by atoms with E-state index in [9.17, 15) is 9.59 Å². The molecular formula is C32H47N3O4. The van der Waals surface area contributed by atoms with Gasteiger partial charge in [-0.25, -0.2) is 0 Å².